The van der Waals surface area contributed by atoms with Crippen LogP contribution in [-0.4, -0.2) is 0 Å². The van der Waals surface area contributed by atoms with E-state index in [1.807, 2.05) is 45.3 Å². The third-order valence-corrected chi connectivity index (χ3v) is 8.81. The van der Waals surface area contributed by atoms with Gasteiger partial charge in [-0.1, -0.05) is 0 Å². The second-order valence-electron chi connectivity index (χ2n) is 5.91. The number of hydrogen-bond acceptors (Lipinski definition) is 4. The first-order chi connectivity index (χ1) is 11.3. The largest absolute Gasteiger partial charge is 0.144 e. The molecule has 0 spiro atoms. The molecule has 0 atom stereocenters. The molecule has 4 heterocycles. The van der Waals surface area contributed by atoms with Gasteiger partial charge in [-0.2, -0.15) is 0 Å². The second-order valence-corrected chi connectivity index (χ2v) is 10.3. The summed E-state index contributed by atoms with van der Waals surface area (Å²) >= 11 is 7.64. The average molecular weight is 367 g/mol. The Morgan fingerprint density at radius 3 is 2.13 bits per heavy atom. The fourth-order valence-electron chi connectivity index (χ4n) is 3.38. The highest BCUT2D eigenvalue weighted by Crippen LogP contribution is 2.47. The molecule has 0 saturated heterocycles. The fourth-order valence-corrected chi connectivity index (χ4v) is 7.96. The van der Waals surface area contributed by atoms with Crippen LogP contribution in [0.15, 0.2) is 41.8 Å². The summed E-state index contributed by atoms with van der Waals surface area (Å²) in [6.07, 6.45) is 0. The molecule has 0 N–H and O–H groups in total. The molecule has 0 aliphatic carbocycles. The number of hydrogen-bond donors (Lipinski definition) is 0. The molecule has 6 rings (SSSR count). The zero-order chi connectivity index (χ0) is 15.1. The van der Waals surface area contributed by atoms with Crippen molar-refractivity contribution in [1.82, 2.24) is 0 Å². The van der Waals surface area contributed by atoms with Crippen LogP contribution in [0.5, 0.6) is 0 Å². The molecule has 0 bridgehead atoms. The topological polar surface area (TPSA) is 0 Å². The summed E-state index contributed by atoms with van der Waals surface area (Å²) < 4.78 is 8.57. The first kappa shape index (κ1) is 12.9. The molecule has 0 nitrogen and oxygen atoms in total. The van der Waals surface area contributed by atoms with Crippen LogP contribution in [0.3, 0.4) is 0 Å². The maximum atomic E-state index is 2.39. The van der Waals surface area contributed by atoms with Crippen LogP contribution in [0, 0.1) is 6.92 Å². The lowest BCUT2D eigenvalue weighted by Crippen LogP contribution is -1.63. The van der Waals surface area contributed by atoms with E-state index in [4.69, 9.17) is 0 Å². The molecule has 2 aromatic carbocycles. The first-order valence-electron chi connectivity index (χ1n) is 7.42. The van der Waals surface area contributed by atoms with Crippen molar-refractivity contribution >= 4 is 95.1 Å². The van der Waals surface area contributed by atoms with Crippen LogP contribution >= 0.6 is 45.3 Å². The van der Waals surface area contributed by atoms with Crippen molar-refractivity contribution in [1.29, 1.82) is 0 Å². The van der Waals surface area contributed by atoms with Crippen LogP contribution in [0.2, 0.25) is 0 Å². The summed E-state index contributed by atoms with van der Waals surface area (Å²) in [5, 5.41) is 7.80. The molecular weight excluding hydrogens is 356 g/mol. The standard InChI is InChI=1S/C19H10S4/c1-9-4-11-6-13-17(8-15(11)21-9)23-18-12-5-10-2-3-20-14(10)7-16(12)22-19(13)18/h2-8H,1H3. The molecule has 0 radical (unpaired) electrons. The normalized spacial score (nSPS) is 12.6. The van der Waals surface area contributed by atoms with Crippen molar-refractivity contribution in [2.75, 3.05) is 0 Å². The highest BCUT2D eigenvalue weighted by Gasteiger charge is 2.14. The molecule has 0 amide bonds. The predicted molar refractivity (Wildman–Crippen MR) is 110 cm³/mol. The summed E-state index contributed by atoms with van der Waals surface area (Å²) in [5.41, 5.74) is 0. The monoisotopic (exact) mass is 366 g/mol. The number of thiophene rings is 4. The molecule has 4 heteroatoms. The van der Waals surface area contributed by atoms with Gasteiger partial charge in [-0.15, -0.1) is 45.3 Å². The Bertz CT molecular complexity index is 1370. The van der Waals surface area contributed by atoms with Gasteiger partial charge in [0.1, 0.15) is 0 Å². The number of fused-ring (bicyclic) bond motifs is 7. The smallest absolute Gasteiger partial charge is 0.0542 e. The summed E-state index contributed by atoms with van der Waals surface area (Å²) in [4.78, 5) is 1.39. The van der Waals surface area contributed by atoms with E-state index in [9.17, 15) is 0 Å². The van der Waals surface area contributed by atoms with E-state index >= 15 is 0 Å². The molecule has 110 valence electrons. The van der Waals surface area contributed by atoms with Gasteiger partial charge in [-0.05, 0) is 59.5 Å². The summed E-state index contributed by atoms with van der Waals surface area (Å²) in [5.74, 6) is 0. The molecule has 0 aliphatic rings. The quantitative estimate of drug-likeness (QED) is 0.255. The Labute approximate surface area is 148 Å². The highest BCUT2D eigenvalue weighted by atomic mass is 32.1. The Hall–Kier alpha value is -1.46. The van der Waals surface area contributed by atoms with E-state index in [0.29, 0.717) is 0 Å². The van der Waals surface area contributed by atoms with Gasteiger partial charge >= 0.3 is 0 Å². The van der Waals surface area contributed by atoms with E-state index in [2.05, 4.69) is 48.7 Å². The minimum atomic E-state index is 1.37. The minimum absolute atomic E-state index is 1.37. The molecule has 0 saturated carbocycles. The Morgan fingerprint density at radius 2 is 1.35 bits per heavy atom. The van der Waals surface area contributed by atoms with Crippen molar-refractivity contribution in [3.8, 4) is 0 Å². The van der Waals surface area contributed by atoms with E-state index in [1.165, 1.54) is 54.6 Å². The van der Waals surface area contributed by atoms with Crippen LogP contribution in [0.25, 0.3) is 49.7 Å². The predicted octanol–water partition coefficient (Wildman–Crippen LogP) is 8.01. The Morgan fingerprint density at radius 1 is 0.652 bits per heavy atom. The van der Waals surface area contributed by atoms with Crippen LogP contribution < -0.4 is 0 Å². The van der Waals surface area contributed by atoms with Crippen molar-refractivity contribution in [2.45, 2.75) is 6.92 Å². The number of rotatable bonds is 0. The lowest BCUT2D eigenvalue weighted by atomic mass is 10.2. The zero-order valence-electron chi connectivity index (χ0n) is 12.2. The van der Waals surface area contributed by atoms with E-state index < -0.39 is 0 Å². The average Bonchev–Trinajstić information content (AvgIpc) is 3.24. The van der Waals surface area contributed by atoms with Gasteiger partial charge in [0.15, 0.2) is 0 Å². The van der Waals surface area contributed by atoms with E-state index in [-0.39, 0.29) is 0 Å². The maximum Gasteiger partial charge on any atom is 0.0542 e. The minimum Gasteiger partial charge on any atom is -0.144 e. The van der Waals surface area contributed by atoms with Crippen molar-refractivity contribution in [3.05, 3.63) is 46.7 Å². The van der Waals surface area contributed by atoms with Crippen molar-refractivity contribution in [2.24, 2.45) is 0 Å². The molecule has 0 unspecified atom stereocenters. The second kappa shape index (κ2) is 4.33. The molecule has 6 aromatic rings. The molecule has 0 aliphatic heterocycles. The van der Waals surface area contributed by atoms with E-state index in [0.717, 1.165) is 0 Å². The molecule has 0 fully saturated rings. The Balaban J connectivity index is 1.82. The molecular formula is C19H10S4. The summed E-state index contributed by atoms with van der Waals surface area (Å²) in [6, 6.07) is 14.1. The number of benzene rings is 2. The third kappa shape index (κ3) is 1.69. The van der Waals surface area contributed by atoms with Gasteiger partial charge in [0.05, 0.1) is 9.40 Å². The van der Waals surface area contributed by atoms with Gasteiger partial charge in [-0.3, -0.25) is 0 Å². The molecule has 4 aromatic heterocycles. The van der Waals surface area contributed by atoms with Gasteiger partial charge in [0.25, 0.3) is 0 Å². The number of aryl methyl sites for hydroxylation is 1. The highest BCUT2D eigenvalue weighted by molar-refractivity contribution is 7.36. The third-order valence-electron chi connectivity index (χ3n) is 4.42. The van der Waals surface area contributed by atoms with Gasteiger partial charge in [0.2, 0.25) is 0 Å². The van der Waals surface area contributed by atoms with E-state index in [1.54, 1.807) is 0 Å². The molecule has 23 heavy (non-hydrogen) atoms. The SMILES string of the molecule is Cc1cc2cc3c(cc2s1)sc1c2cc4ccsc4cc2sc31. The van der Waals surface area contributed by atoms with Gasteiger partial charge in [0, 0.05) is 34.4 Å². The van der Waals surface area contributed by atoms with Crippen LogP contribution in [0.1, 0.15) is 4.88 Å². The van der Waals surface area contributed by atoms with Gasteiger partial charge < -0.3 is 0 Å². The lowest BCUT2D eigenvalue weighted by molar-refractivity contribution is 1.66. The van der Waals surface area contributed by atoms with Crippen LogP contribution in [-0.2, 0) is 0 Å². The Kier molecular flexibility index (Phi) is 2.43. The van der Waals surface area contributed by atoms with Crippen LogP contribution in [0.4, 0.5) is 0 Å². The fraction of sp³-hybridized carbons (Fsp3) is 0.0526. The maximum absolute atomic E-state index is 2.39. The summed E-state index contributed by atoms with van der Waals surface area (Å²) in [7, 11) is 0. The van der Waals surface area contributed by atoms with Crippen molar-refractivity contribution < 1.29 is 0 Å². The summed E-state index contributed by atoms with van der Waals surface area (Å²) in [6.45, 7) is 2.19. The zero-order valence-corrected chi connectivity index (χ0v) is 15.4. The first-order valence-corrected chi connectivity index (χ1v) is 10.8. The lowest BCUT2D eigenvalue weighted by Gasteiger charge is -1.93. The van der Waals surface area contributed by atoms with Crippen molar-refractivity contribution in [3.63, 3.8) is 0 Å². The van der Waals surface area contributed by atoms with Gasteiger partial charge in [-0.25, -0.2) is 0 Å².